The molecule has 0 bridgehead atoms. The SMILES string of the molecule is COc1ccc(Cl)cc1NC(=O)[C@@H](C)Nc1ccc(N2CCCC2)cc1. The first-order valence-corrected chi connectivity index (χ1v) is 9.20. The number of carbonyl (C=O) groups excluding carboxylic acids is 1. The Balaban J connectivity index is 1.61. The van der Waals surface area contributed by atoms with Gasteiger partial charge in [0.1, 0.15) is 11.8 Å². The van der Waals surface area contributed by atoms with Crippen molar-refractivity contribution in [2.45, 2.75) is 25.8 Å². The molecule has 2 aromatic rings. The van der Waals surface area contributed by atoms with Gasteiger partial charge in [-0.2, -0.15) is 0 Å². The third-order valence-corrected chi connectivity index (χ3v) is 4.77. The van der Waals surface area contributed by atoms with Crippen LogP contribution in [0, 0.1) is 0 Å². The van der Waals surface area contributed by atoms with Gasteiger partial charge in [-0.1, -0.05) is 11.6 Å². The minimum absolute atomic E-state index is 0.158. The number of nitrogens with zero attached hydrogens (tertiary/aromatic N) is 1. The number of hydrogen-bond acceptors (Lipinski definition) is 4. The predicted octanol–water partition coefficient (Wildman–Crippen LogP) is 4.39. The lowest BCUT2D eigenvalue weighted by Gasteiger charge is -2.19. The summed E-state index contributed by atoms with van der Waals surface area (Å²) in [6, 6.07) is 12.9. The van der Waals surface area contributed by atoms with E-state index >= 15 is 0 Å². The topological polar surface area (TPSA) is 53.6 Å². The Kier molecular flexibility index (Phi) is 5.89. The second kappa shape index (κ2) is 8.32. The largest absolute Gasteiger partial charge is 0.495 e. The Bertz CT molecular complexity index is 758. The normalized spacial score (nSPS) is 14.8. The third kappa shape index (κ3) is 4.41. The van der Waals surface area contributed by atoms with Crippen molar-refractivity contribution in [3.63, 3.8) is 0 Å². The minimum Gasteiger partial charge on any atom is -0.495 e. The fourth-order valence-corrected chi connectivity index (χ4v) is 3.25. The molecule has 6 heteroatoms. The molecule has 2 N–H and O–H groups in total. The molecule has 138 valence electrons. The summed E-state index contributed by atoms with van der Waals surface area (Å²) in [5, 5.41) is 6.63. The molecular weight excluding hydrogens is 350 g/mol. The molecule has 0 saturated carbocycles. The maximum absolute atomic E-state index is 12.5. The van der Waals surface area contributed by atoms with Crippen molar-refractivity contribution in [1.82, 2.24) is 0 Å². The number of nitrogens with one attached hydrogen (secondary N) is 2. The number of anilines is 3. The van der Waals surface area contributed by atoms with Gasteiger partial charge in [-0.15, -0.1) is 0 Å². The molecule has 3 rings (SSSR count). The number of halogens is 1. The van der Waals surface area contributed by atoms with Crippen LogP contribution in [-0.4, -0.2) is 32.1 Å². The highest BCUT2D eigenvalue weighted by molar-refractivity contribution is 6.31. The van der Waals surface area contributed by atoms with Gasteiger partial charge in [0, 0.05) is 29.5 Å². The first-order valence-electron chi connectivity index (χ1n) is 8.83. The molecule has 0 aliphatic carbocycles. The molecule has 1 heterocycles. The molecule has 1 saturated heterocycles. The zero-order valence-electron chi connectivity index (χ0n) is 15.1. The molecule has 1 atom stereocenters. The molecule has 0 aromatic heterocycles. The molecule has 5 nitrogen and oxygen atoms in total. The number of methoxy groups -OCH3 is 1. The van der Waals surface area contributed by atoms with Crippen molar-refractivity contribution in [3.05, 3.63) is 47.5 Å². The second-order valence-corrected chi connectivity index (χ2v) is 6.88. The Morgan fingerprint density at radius 3 is 2.50 bits per heavy atom. The van der Waals surface area contributed by atoms with E-state index in [-0.39, 0.29) is 5.91 Å². The number of benzene rings is 2. The first kappa shape index (κ1) is 18.4. The van der Waals surface area contributed by atoms with E-state index in [2.05, 4.69) is 27.7 Å². The van der Waals surface area contributed by atoms with Gasteiger partial charge in [-0.25, -0.2) is 0 Å². The van der Waals surface area contributed by atoms with E-state index in [0.29, 0.717) is 16.5 Å². The van der Waals surface area contributed by atoms with Gasteiger partial charge in [0.15, 0.2) is 0 Å². The van der Waals surface area contributed by atoms with Gasteiger partial charge in [0.25, 0.3) is 0 Å². The molecule has 0 unspecified atom stereocenters. The quantitative estimate of drug-likeness (QED) is 0.788. The van der Waals surface area contributed by atoms with E-state index < -0.39 is 6.04 Å². The van der Waals surface area contributed by atoms with E-state index in [9.17, 15) is 4.79 Å². The third-order valence-electron chi connectivity index (χ3n) is 4.53. The van der Waals surface area contributed by atoms with Crippen molar-refractivity contribution < 1.29 is 9.53 Å². The molecule has 0 radical (unpaired) electrons. The average molecular weight is 374 g/mol. The smallest absolute Gasteiger partial charge is 0.246 e. The fourth-order valence-electron chi connectivity index (χ4n) is 3.08. The van der Waals surface area contributed by atoms with Gasteiger partial charge < -0.3 is 20.3 Å². The van der Waals surface area contributed by atoms with Crippen molar-refractivity contribution in [2.75, 3.05) is 35.7 Å². The number of hydrogen-bond donors (Lipinski definition) is 2. The maximum atomic E-state index is 12.5. The van der Waals surface area contributed by atoms with Crippen molar-refractivity contribution in [3.8, 4) is 5.75 Å². The summed E-state index contributed by atoms with van der Waals surface area (Å²) in [5.41, 5.74) is 2.70. The molecule has 1 aliphatic rings. The summed E-state index contributed by atoms with van der Waals surface area (Å²) in [4.78, 5) is 14.9. The van der Waals surface area contributed by atoms with Gasteiger partial charge in [-0.3, -0.25) is 4.79 Å². The Hall–Kier alpha value is -2.40. The lowest BCUT2D eigenvalue weighted by atomic mass is 10.2. The first-order chi connectivity index (χ1) is 12.6. The summed E-state index contributed by atoms with van der Waals surface area (Å²) in [6.07, 6.45) is 2.51. The lowest BCUT2D eigenvalue weighted by Crippen LogP contribution is -2.32. The van der Waals surface area contributed by atoms with Crippen LogP contribution in [0.4, 0.5) is 17.1 Å². The van der Waals surface area contributed by atoms with E-state index in [4.69, 9.17) is 16.3 Å². The number of amides is 1. The Morgan fingerprint density at radius 1 is 1.15 bits per heavy atom. The van der Waals surface area contributed by atoms with E-state index in [1.54, 1.807) is 25.3 Å². The number of ether oxygens (including phenoxy) is 1. The summed E-state index contributed by atoms with van der Waals surface area (Å²) in [6.45, 7) is 4.06. The van der Waals surface area contributed by atoms with E-state index in [1.807, 2.05) is 19.1 Å². The van der Waals surface area contributed by atoms with Crippen LogP contribution in [0.25, 0.3) is 0 Å². The molecule has 1 amide bonds. The Labute approximate surface area is 159 Å². The van der Waals surface area contributed by atoms with Crippen LogP contribution in [0.1, 0.15) is 19.8 Å². The van der Waals surface area contributed by atoms with Crippen molar-refractivity contribution in [1.29, 1.82) is 0 Å². The highest BCUT2D eigenvalue weighted by atomic mass is 35.5. The Morgan fingerprint density at radius 2 is 1.85 bits per heavy atom. The monoisotopic (exact) mass is 373 g/mol. The number of carbonyl (C=O) groups is 1. The van der Waals surface area contributed by atoms with Crippen molar-refractivity contribution in [2.24, 2.45) is 0 Å². The van der Waals surface area contributed by atoms with Crippen molar-refractivity contribution >= 4 is 34.6 Å². The zero-order chi connectivity index (χ0) is 18.5. The van der Waals surface area contributed by atoms with Crippen LogP contribution in [0.3, 0.4) is 0 Å². The van der Waals surface area contributed by atoms with Crippen LogP contribution < -0.4 is 20.3 Å². The lowest BCUT2D eigenvalue weighted by molar-refractivity contribution is -0.116. The maximum Gasteiger partial charge on any atom is 0.246 e. The summed E-state index contributed by atoms with van der Waals surface area (Å²) in [7, 11) is 1.56. The molecule has 0 spiro atoms. The van der Waals surface area contributed by atoms with Crippen LogP contribution in [0.5, 0.6) is 5.75 Å². The predicted molar refractivity (Wildman–Crippen MR) is 108 cm³/mol. The van der Waals surface area contributed by atoms with E-state index in [0.717, 1.165) is 18.8 Å². The van der Waals surface area contributed by atoms with Crippen LogP contribution in [0.2, 0.25) is 5.02 Å². The summed E-state index contributed by atoms with van der Waals surface area (Å²) >= 11 is 6.01. The van der Waals surface area contributed by atoms with Gasteiger partial charge in [-0.05, 0) is 62.2 Å². The van der Waals surface area contributed by atoms with Crippen LogP contribution in [-0.2, 0) is 4.79 Å². The highest BCUT2D eigenvalue weighted by Crippen LogP contribution is 2.28. The fraction of sp³-hybridized carbons (Fsp3) is 0.350. The van der Waals surface area contributed by atoms with E-state index in [1.165, 1.54) is 18.5 Å². The minimum atomic E-state index is -0.406. The molecule has 2 aromatic carbocycles. The summed E-state index contributed by atoms with van der Waals surface area (Å²) in [5.74, 6) is 0.416. The molecule has 1 fully saturated rings. The molecule has 1 aliphatic heterocycles. The standard InChI is InChI=1S/C20H24ClN3O2/c1-14(20(25)23-18-13-15(21)5-10-19(18)26-2)22-16-6-8-17(9-7-16)24-11-3-4-12-24/h5-10,13-14,22H,3-4,11-12H2,1-2H3,(H,23,25)/t14-/m1/s1. The molecular formula is C20H24ClN3O2. The van der Waals surface area contributed by atoms with Crippen LogP contribution >= 0.6 is 11.6 Å². The zero-order valence-corrected chi connectivity index (χ0v) is 15.8. The van der Waals surface area contributed by atoms with Gasteiger partial charge in [0.2, 0.25) is 5.91 Å². The van der Waals surface area contributed by atoms with Gasteiger partial charge in [0.05, 0.1) is 12.8 Å². The molecule has 26 heavy (non-hydrogen) atoms. The number of rotatable bonds is 6. The summed E-state index contributed by atoms with van der Waals surface area (Å²) < 4.78 is 5.26. The highest BCUT2D eigenvalue weighted by Gasteiger charge is 2.16. The average Bonchev–Trinajstić information content (AvgIpc) is 3.17. The van der Waals surface area contributed by atoms with Gasteiger partial charge >= 0.3 is 0 Å². The second-order valence-electron chi connectivity index (χ2n) is 6.44. The van der Waals surface area contributed by atoms with Crippen LogP contribution in [0.15, 0.2) is 42.5 Å².